The molecule has 1 aromatic carbocycles. The largest absolute Gasteiger partial charge is 0.504 e. The number of aromatic hydroxyl groups is 2. The molecule has 0 atom stereocenters. The molecule has 1 aromatic heterocycles. The number of benzene rings is 1. The second-order valence-electron chi connectivity index (χ2n) is 3.44. The number of hydrogen-bond acceptors (Lipinski definition) is 6. The molecule has 17 heavy (non-hydrogen) atoms. The van der Waals surface area contributed by atoms with Crippen molar-refractivity contribution in [1.29, 1.82) is 0 Å². The van der Waals surface area contributed by atoms with E-state index in [4.69, 9.17) is 5.84 Å². The molecule has 7 nitrogen and oxygen atoms in total. The van der Waals surface area contributed by atoms with Crippen LogP contribution in [0.25, 0.3) is 11.3 Å². The van der Waals surface area contributed by atoms with Crippen LogP contribution in [-0.2, 0) is 0 Å². The topological polar surface area (TPSA) is 114 Å². The van der Waals surface area contributed by atoms with Crippen LogP contribution >= 0.6 is 0 Å². The van der Waals surface area contributed by atoms with Crippen molar-refractivity contribution in [3.63, 3.8) is 0 Å². The van der Waals surface area contributed by atoms with Crippen LogP contribution in [0.4, 0.5) is 0 Å². The summed E-state index contributed by atoms with van der Waals surface area (Å²) >= 11 is 0. The average Bonchev–Trinajstić information content (AvgIpc) is 2.31. The van der Waals surface area contributed by atoms with Crippen LogP contribution in [-0.4, -0.2) is 25.1 Å². The number of para-hydroxylation sites is 1. The minimum absolute atomic E-state index is 0.0849. The van der Waals surface area contributed by atoms with E-state index < -0.39 is 11.3 Å². The Labute approximate surface area is 95.8 Å². The second kappa shape index (κ2) is 3.78. The lowest BCUT2D eigenvalue weighted by Crippen LogP contribution is -2.32. The number of aryl methyl sites for hydroxylation is 1. The number of phenolic OH excluding ortho intramolecular Hbond substituents is 2. The zero-order chi connectivity index (χ0) is 12.6. The van der Waals surface area contributed by atoms with Gasteiger partial charge in [0, 0.05) is 0 Å². The second-order valence-corrected chi connectivity index (χ2v) is 3.44. The van der Waals surface area contributed by atoms with Gasteiger partial charge in [-0.1, -0.05) is 6.07 Å². The van der Waals surface area contributed by atoms with Crippen LogP contribution < -0.4 is 11.4 Å². The molecule has 4 N–H and O–H groups in total. The monoisotopic (exact) mass is 234 g/mol. The van der Waals surface area contributed by atoms with E-state index in [1.54, 1.807) is 0 Å². The lowest BCUT2D eigenvalue weighted by molar-refractivity contribution is 0.405. The number of hydrogen-bond donors (Lipinski definition) is 3. The van der Waals surface area contributed by atoms with Crippen LogP contribution in [0.2, 0.25) is 0 Å². The van der Waals surface area contributed by atoms with Crippen LogP contribution in [0.5, 0.6) is 11.5 Å². The maximum atomic E-state index is 11.8. The van der Waals surface area contributed by atoms with Gasteiger partial charge < -0.3 is 16.1 Å². The summed E-state index contributed by atoms with van der Waals surface area (Å²) in [6.45, 7) is 1.53. The van der Waals surface area contributed by atoms with Gasteiger partial charge in [0.25, 0.3) is 5.56 Å². The lowest BCUT2D eigenvalue weighted by Gasteiger charge is -2.06. The third kappa shape index (κ3) is 1.67. The standard InChI is InChI=1S/C10H10N4O3/c1-5-12-13-8(10(17)14(5)11)6-3-2-4-7(15)9(6)16/h2-4,15-16H,11H2,1H3. The van der Waals surface area contributed by atoms with Crippen molar-refractivity contribution in [3.8, 4) is 22.8 Å². The SMILES string of the molecule is Cc1nnc(-c2cccc(O)c2O)c(=O)n1N. The Morgan fingerprint density at radius 1 is 1.29 bits per heavy atom. The fourth-order valence-corrected chi connectivity index (χ4v) is 1.37. The minimum atomic E-state index is -0.599. The summed E-state index contributed by atoms with van der Waals surface area (Å²) in [5.74, 6) is 4.95. The Hall–Kier alpha value is -2.57. The van der Waals surface area contributed by atoms with Crippen molar-refractivity contribution in [2.24, 2.45) is 0 Å². The van der Waals surface area contributed by atoms with Crippen molar-refractivity contribution < 1.29 is 10.2 Å². The third-order valence-electron chi connectivity index (χ3n) is 2.33. The first-order valence-electron chi connectivity index (χ1n) is 4.75. The maximum Gasteiger partial charge on any atom is 0.298 e. The van der Waals surface area contributed by atoms with Gasteiger partial charge in [-0.3, -0.25) is 4.79 Å². The van der Waals surface area contributed by atoms with Gasteiger partial charge in [-0.05, 0) is 19.1 Å². The summed E-state index contributed by atoms with van der Waals surface area (Å²) < 4.78 is 0.825. The number of rotatable bonds is 1. The van der Waals surface area contributed by atoms with E-state index in [9.17, 15) is 15.0 Å². The fraction of sp³-hybridized carbons (Fsp3) is 0.100. The molecule has 0 aliphatic rings. The highest BCUT2D eigenvalue weighted by molar-refractivity contribution is 5.69. The van der Waals surface area contributed by atoms with Gasteiger partial charge in [0.1, 0.15) is 0 Å². The van der Waals surface area contributed by atoms with Crippen LogP contribution in [0.1, 0.15) is 5.82 Å². The maximum absolute atomic E-state index is 11.8. The quantitative estimate of drug-likeness (QED) is 0.462. The Morgan fingerprint density at radius 2 is 2.00 bits per heavy atom. The molecule has 0 bridgehead atoms. The van der Waals surface area contributed by atoms with Crippen molar-refractivity contribution in [2.75, 3.05) is 5.84 Å². The van der Waals surface area contributed by atoms with Crippen molar-refractivity contribution in [1.82, 2.24) is 14.9 Å². The predicted molar refractivity (Wildman–Crippen MR) is 59.9 cm³/mol. The zero-order valence-corrected chi connectivity index (χ0v) is 8.95. The molecule has 7 heteroatoms. The Kier molecular flexibility index (Phi) is 2.43. The van der Waals surface area contributed by atoms with Crippen LogP contribution in [0, 0.1) is 6.92 Å². The first-order valence-corrected chi connectivity index (χ1v) is 4.75. The van der Waals surface area contributed by atoms with E-state index in [0.717, 1.165) is 4.68 Å². The summed E-state index contributed by atoms with van der Waals surface area (Å²) in [5, 5.41) is 26.3. The third-order valence-corrected chi connectivity index (χ3v) is 2.33. The first-order chi connectivity index (χ1) is 8.02. The van der Waals surface area contributed by atoms with E-state index in [1.165, 1.54) is 25.1 Å². The Balaban J connectivity index is 2.74. The minimum Gasteiger partial charge on any atom is -0.504 e. The van der Waals surface area contributed by atoms with Gasteiger partial charge in [-0.15, -0.1) is 10.2 Å². The predicted octanol–water partition coefficient (Wildman–Crippen LogP) is -0.261. The molecule has 0 radical (unpaired) electrons. The summed E-state index contributed by atoms with van der Waals surface area (Å²) in [6, 6.07) is 4.21. The van der Waals surface area contributed by atoms with Gasteiger partial charge in [0.15, 0.2) is 23.0 Å². The molecule has 0 unspecified atom stereocenters. The van der Waals surface area contributed by atoms with E-state index in [2.05, 4.69) is 10.2 Å². The highest BCUT2D eigenvalue weighted by Gasteiger charge is 2.15. The number of phenols is 2. The van der Waals surface area contributed by atoms with E-state index >= 15 is 0 Å². The molecule has 0 saturated carbocycles. The molecule has 0 aliphatic heterocycles. The molecule has 0 spiro atoms. The van der Waals surface area contributed by atoms with Gasteiger partial charge in [-0.2, -0.15) is 0 Å². The van der Waals surface area contributed by atoms with Gasteiger partial charge in [0.05, 0.1) is 5.56 Å². The highest BCUT2D eigenvalue weighted by Crippen LogP contribution is 2.33. The first kappa shape index (κ1) is 10.9. The molecule has 2 rings (SSSR count). The van der Waals surface area contributed by atoms with Crippen molar-refractivity contribution >= 4 is 0 Å². The normalized spacial score (nSPS) is 10.4. The molecule has 0 fully saturated rings. The number of nitrogen functional groups attached to an aromatic ring is 1. The number of nitrogens with two attached hydrogens (primary N) is 1. The van der Waals surface area contributed by atoms with Crippen molar-refractivity contribution in [2.45, 2.75) is 6.92 Å². The summed E-state index contributed by atoms with van der Waals surface area (Å²) in [4.78, 5) is 11.8. The number of nitrogens with zero attached hydrogens (tertiary/aromatic N) is 3. The molecule has 2 aromatic rings. The van der Waals surface area contributed by atoms with E-state index in [0.29, 0.717) is 0 Å². The highest BCUT2D eigenvalue weighted by atomic mass is 16.3. The van der Waals surface area contributed by atoms with Crippen LogP contribution in [0.3, 0.4) is 0 Å². The van der Waals surface area contributed by atoms with Gasteiger partial charge >= 0.3 is 0 Å². The smallest absolute Gasteiger partial charge is 0.298 e. The molecule has 0 amide bonds. The van der Waals surface area contributed by atoms with E-state index in [1.807, 2.05) is 0 Å². The molecule has 0 saturated heterocycles. The molecule has 0 aliphatic carbocycles. The Bertz CT molecular complexity index is 636. The van der Waals surface area contributed by atoms with Gasteiger partial charge in [0.2, 0.25) is 0 Å². The molecular formula is C10H10N4O3. The summed E-state index contributed by atoms with van der Waals surface area (Å²) in [7, 11) is 0. The molecule has 88 valence electrons. The lowest BCUT2D eigenvalue weighted by atomic mass is 10.1. The fourth-order valence-electron chi connectivity index (χ4n) is 1.37. The Morgan fingerprint density at radius 3 is 2.71 bits per heavy atom. The van der Waals surface area contributed by atoms with Gasteiger partial charge in [-0.25, -0.2) is 4.68 Å². The van der Waals surface area contributed by atoms with Crippen LogP contribution in [0.15, 0.2) is 23.0 Å². The molecular weight excluding hydrogens is 224 g/mol. The number of aromatic nitrogens is 3. The molecule has 1 heterocycles. The van der Waals surface area contributed by atoms with E-state index in [-0.39, 0.29) is 22.8 Å². The summed E-state index contributed by atoms with van der Waals surface area (Å²) in [6.07, 6.45) is 0. The average molecular weight is 234 g/mol. The van der Waals surface area contributed by atoms with Crippen molar-refractivity contribution in [3.05, 3.63) is 34.4 Å². The zero-order valence-electron chi connectivity index (χ0n) is 8.95. The summed E-state index contributed by atoms with van der Waals surface area (Å²) in [5.41, 5.74) is -0.633.